The largest absolute Gasteiger partial charge is 0.319 e. The lowest BCUT2D eigenvalue weighted by atomic mass is 10.1. The summed E-state index contributed by atoms with van der Waals surface area (Å²) >= 11 is 0. The molecule has 0 saturated carbocycles. The Labute approximate surface area is 168 Å². The average molecular weight is 381 g/mol. The van der Waals surface area contributed by atoms with E-state index in [4.69, 9.17) is 0 Å². The SMILES string of the molecule is C[N+](C)(CC=CC[N+](C)(C)CC(=O)c1ccccc1)CC(=O)c1ccccc1. The Balaban J connectivity index is 1.84. The van der Waals surface area contributed by atoms with E-state index in [1.807, 2.05) is 60.7 Å². The Morgan fingerprint density at radius 3 is 1.29 bits per heavy atom. The molecule has 0 heterocycles. The normalized spacial score (nSPS) is 12.3. The number of carbonyl (C=O) groups excluding carboxylic acids is 2. The van der Waals surface area contributed by atoms with E-state index in [0.717, 1.165) is 24.2 Å². The third-order valence-electron chi connectivity index (χ3n) is 4.70. The van der Waals surface area contributed by atoms with Crippen LogP contribution in [0.15, 0.2) is 72.8 Å². The van der Waals surface area contributed by atoms with Crippen LogP contribution < -0.4 is 0 Å². The fraction of sp³-hybridized carbons (Fsp3) is 0.333. The number of Topliss-reactive ketones (excluding diaryl/α,β-unsaturated/α-hetero) is 2. The molecule has 0 aliphatic rings. The Morgan fingerprint density at radius 1 is 0.643 bits per heavy atom. The van der Waals surface area contributed by atoms with Crippen molar-refractivity contribution < 1.29 is 18.6 Å². The van der Waals surface area contributed by atoms with Gasteiger partial charge in [-0.2, -0.15) is 0 Å². The Kier molecular flexibility index (Phi) is 7.44. The van der Waals surface area contributed by atoms with Crippen molar-refractivity contribution in [2.24, 2.45) is 0 Å². The van der Waals surface area contributed by atoms with E-state index in [1.54, 1.807) is 0 Å². The van der Waals surface area contributed by atoms with Gasteiger partial charge in [-0.25, -0.2) is 0 Å². The average Bonchev–Trinajstić information content (AvgIpc) is 2.66. The molecule has 0 aliphatic heterocycles. The highest BCUT2D eigenvalue weighted by Crippen LogP contribution is 2.08. The summed E-state index contributed by atoms with van der Waals surface area (Å²) in [5.74, 6) is 0.312. The molecular formula is C24H32N2O2+2. The fourth-order valence-electron chi connectivity index (χ4n) is 3.06. The smallest absolute Gasteiger partial charge is 0.216 e. The van der Waals surface area contributed by atoms with Crippen molar-refractivity contribution in [3.63, 3.8) is 0 Å². The summed E-state index contributed by atoms with van der Waals surface area (Å²) in [6.45, 7) is 2.45. The lowest BCUT2D eigenvalue weighted by Crippen LogP contribution is -2.45. The molecular weight excluding hydrogens is 348 g/mol. The zero-order chi connectivity index (χ0) is 20.6. The first-order chi connectivity index (χ1) is 13.2. The lowest BCUT2D eigenvalue weighted by molar-refractivity contribution is -0.878. The zero-order valence-electron chi connectivity index (χ0n) is 17.5. The van der Waals surface area contributed by atoms with E-state index in [1.165, 1.54) is 0 Å². The predicted octanol–water partition coefficient (Wildman–Crippen LogP) is 3.46. The second kappa shape index (κ2) is 9.58. The lowest BCUT2D eigenvalue weighted by Gasteiger charge is -2.29. The molecule has 4 heteroatoms. The van der Waals surface area contributed by atoms with Crippen LogP contribution in [-0.4, -0.2) is 74.9 Å². The summed E-state index contributed by atoms with van der Waals surface area (Å²) in [5, 5.41) is 0. The summed E-state index contributed by atoms with van der Waals surface area (Å²) < 4.78 is 1.20. The Hall–Kier alpha value is -2.56. The van der Waals surface area contributed by atoms with Gasteiger partial charge >= 0.3 is 0 Å². The van der Waals surface area contributed by atoms with E-state index in [0.29, 0.717) is 22.1 Å². The number of carbonyl (C=O) groups is 2. The number of hydrogen-bond acceptors (Lipinski definition) is 2. The molecule has 0 amide bonds. The number of hydrogen-bond donors (Lipinski definition) is 0. The number of rotatable bonds is 10. The fourth-order valence-corrected chi connectivity index (χ4v) is 3.06. The minimum Gasteiger partial charge on any atom is -0.319 e. The van der Waals surface area contributed by atoms with Gasteiger partial charge in [0.25, 0.3) is 0 Å². The molecule has 0 N–H and O–H groups in total. The van der Waals surface area contributed by atoms with E-state index < -0.39 is 0 Å². The van der Waals surface area contributed by atoms with Crippen LogP contribution >= 0.6 is 0 Å². The maximum absolute atomic E-state index is 12.4. The monoisotopic (exact) mass is 380 g/mol. The molecule has 0 bridgehead atoms. The second-order valence-corrected chi connectivity index (χ2v) is 8.60. The van der Waals surface area contributed by atoms with Crippen LogP contribution in [0, 0.1) is 0 Å². The zero-order valence-corrected chi connectivity index (χ0v) is 17.5. The minimum atomic E-state index is 0.156. The molecule has 0 atom stereocenters. The van der Waals surface area contributed by atoms with Crippen LogP contribution in [-0.2, 0) is 0 Å². The molecule has 4 nitrogen and oxygen atoms in total. The van der Waals surface area contributed by atoms with Crippen molar-refractivity contribution in [1.82, 2.24) is 0 Å². The van der Waals surface area contributed by atoms with Gasteiger partial charge in [-0.3, -0.25) is 9.59 Å². The summed E-state index contributed by atoms with van der Waals surface area (Å²) in [7, 11) is 8.24. The Morgan fingerprint density at radius 2 is 0.964 bits per heavy atom. The standard InChI is InChI=1S/C24H32N2O2/c1-25(2,19-23(27)21-13-7-5-8-14-21)17-11-12-18-26(3,4)20-24(28)22-15-9-6-10-16-22/h5-16H,17-20H2,1-4H3/q+2. The molecule has 2 aromatic carbocycles. The molecule has 0 saturated heterocycles. The summed E-state index contributed by atoms with van der Waals surface area (Å²) in [6.07, 6.45) is 4.23. The molecule has 0 aromatic heterocycles. The van der Waals surface area contributed by atoms with Crippen LogP contribution in [0.5, 0.6) is 0 Å². The van der Waals surface area contributed by atoms with Crippen molar-refractivity contribution >= 4 is 11.6 Å². The molecule has 28 heavy (non-hydrogen) atoms. The first kappa shape index (κ1) is 21.7. The highest BCUT2D eigenvalue weighted by molar-refractivity contribution is 5.97. The predicted molar refractivity (Wildman–Crippen MR) is 114 cm³/mol. The van der Waals surface area contributed by atoms with Gasteiger partial charge in [0.1, 0.15) is 13.1 Å². The quantitative estimate of drug-likeness (QED) is 0.359. The summed E-state index contributed by atoms with van der Waals surface area (Å²) in [4.78, 5) is 24.9. The second-order valence-electron chi connectivity index (χ2n) is 8.60. The van der Waals surface area contributed by atoms with Gasteiger partial charge in [0.05, 0.1) is 41.3 Å². The summed E-state index contributed by atoms with van der Waals surface area (Å²) in [5.41, 5.74) is 1.52. The summed E-state index contributed by atoms with van der Waals surface area (Å²) in [6, 6.07) is 18.9. The van der Waals surface area contributed by atoms with Gasteiger partial charge in [0, 0.05) is 11.1 Å². The maximum atomic E-state index is 12.4. The number of likely N-dealkylation sites (N-methyl/N-ethyl adjacent to an activating group) is 2. The molecule has 148 valence electrons. The van der Waals surface area contributed by atoms with Gasteiger partial charge in [-0.05, 0) is 12.2 Å². The molecule has 0 fully saturated rings. The van der Waals surface area contributed by atoms with Gasteiger partial charge in [-0.1, -0.05) is 60.7 Å². The van der Waals surface area contributed by atoms with Crippen LogP contribution in [0.4, 0.5) is 0 Å². The third kappa shape index (κ3) is 7.22. The van der Waals surface area contributed by atoms with Crippen LogP contribution in [0.3, 0.4) is 0 Å². The van der Waals surface area contributed by atoms with Crippen LogP contribution in [0.25, 0.3) is 0 Å². The number of benzene rings is 2. The third-order valence-corrected chi connectivity index (χ3v) is 4.70. The molecule has 0 unspecified atom stereocenters. The van der Waals surface area contributed by atoms with Crippen molar-refractivity contribution in [1.29, 1.82) is 0 Å². The molecule has 2 aromatic rings. The minimum absolute atomic E-state index is 0.156. The molecule has 0 radical (unpaired) electrons. The highest BCUT2D eigenvalue weighted by atomic mass is 16.1. The van der Waals surface area contributed by atoms with Crippen LogP contribution in [0.2, 0.25) is 0 Å². The molecule has 0 aliphatic carbocycles. The number of ketones is 2. The van der Waals surface area contributed by atoms with Crippen molar-refractivity contribution in [2.75, 3.05) is 54.4 Å². The van der Waals surface area contributed by atoms with Crippen LogP contribution in [0.1, 0.15) is 20.7 Å². The highest BCUT2D eigenvalue weighted by Gasteiger charge is 2.21. The van der Waals surface area contributed by atoms with Gasteiger partial charge in [-0.15, -0.1) is 0 Å². The van der Waals surface area contributed by atoms with Gasteiger partial charge in [0.2, 0.25) is 11.6 Å². The first-order valence-electron chi connectivity index (χ1n) is 9.64. The van der Waals surface area contributed by atoms with Crippen molar-refractivity contribution in [2.45, 2.75) is 0 Å². The van der Waals surface area contributed by atoms with E-state index in [9.17, 15) is 9.59 Å². The number of quaternary nitrogens is 2. The van der Waals surface area contributed by atoms with Crippen molar-refractivity contribution in [3.8, 4) is 0 Å². The maximum Gasteiger partial charge on any atom is 0.216 e. The topological polar surface area (TPSA) is 34.1 Å². The van der Waals surface area contributed by atoms with Gasteiger partial charge < -0.3 is 8.97 Å². The van der Waals surface area contributed by atoms with Gasteiger partial charge in [0.15, 0.2) is 0 Å². The van der Waals surface area contributed by atoms with Crippen molar-refractivity contribution in [3.05, 3.63) is 83.9 Å². The molecule has 0 spiro atoms. The first-order valence-corrected chi connectivity index (χ1v) is 9.64. The number of nitrogens with zero attached hydrogens (tertiary/aromatic N) is 2. The Bertz CT molecular complexity index is 740. The van der Waals surface area contributed by atoms with E-state index in [-0.39, 0.29) is 11.6 Å². The van der Waals surface area contributed by atoms with E-state index in [2.05, 4.69) is 40.3 Å². The van der Waals surface area contributed by atoms with E-state index >= 15 is 0 Å². The molecule has 2 rings (SSSR count).